The van der Waals surface area contributed by atoms with Crippen molar-refractivity contribution in [3.05, 3.63) is 24.3 Å². The van der Waals surface area contributed by atoms with Crippen molar-refractivity contribution in [2.75, 3.05) is 0 Å². The van der Waals surface area contributed by atoms with Gasteiger partial charge in [-0.15, -0.1) is 11.6 Å². The van der Waals surface area contributed by atoms with Crippen LogP contribution in [0.1, 0.15) is 26.7 Å². The second kappa shape index (κ2) is 5.55. The molecular formula is C9H15Cl. The first-order valence-corrected chi connectivity index (χ1v) is 4.07. The van der Waals surface area contributed by atoms with Crippen molar-refractivity contribution < 1.29 is 0 Å². The molecule has 0 fully saturated rings. The molecule has 0 aromatic carbocycles. The maximum absolute atomic E-state index is 5.69. The van der Waals surface area contributed by atoms with Gasteiger partial charge in [0.15, 0.2) is 0 Å². The van der Waals surface area contributed by atoms with Crippen LogP contribution in [-0.4, -0.2) is 5.38 Å². The SMILES string of the molecule is C=C(CC)C/C=C\C(C)Cl. The summed E-state index contributed by atoms with van der Waals surface area (Å²) in [5.74, 6) is 0. The van der Waals surface area contributed by atoms with Gasteiger partial charge in [-0.1, -0.05) is 31.2 Å². The second-order valence-electron chi connectivity index (χ2n) is 2.41. The fourth-order valence-corrected chi connectivity index (χ4v) is 0.669. The molecule has 0 radical (unpaired) electrons. The molecule has 10 heavy (non-hydrogen) atoms. The lowest BCUT2D eigenvalue weighted by molar-refractivity contribution is 1.03. The number of hydrogen-bond acceptors (Lipinski definition) is 0. The number of halogens is 1. The maximum atomic E-state index is 5.69. The summed E-state index contributed by atoms with van der Waals surface area (Å²) in [5.41, 5.74) is 1.26. The van der Waals surface area contributed by atoms with E-state index in [1.165, 1.54) is 5.57 Å². The van der Waals surface area contributed by atoms with Crippen molar-refractivity contribution >= 4 is 11.6 Å². The van der Waals surface area contributed by atoms with E-state index in [9.17, 15) is 0 Å². The molecule has 0 bridgehead atoms. The molecule has 0 rings (SSSR count). The fraction of sp³-hybridized carbons (Fsp3) is 0.556. The first kappa shape index (κ1) is 9.77. The van der Waals surface area contributed by atoms with Crippen molar-refractivity contribution in [2.45, 2.75) is 32.1 Å². The summed E-state index contributed by atoms with van der Waals surface area (Å²) >= 11 is 5.69. The molecule has 0 aliphatic rings. The van der Waals surface area contributed by atoms with Gasteiger partial charge in [0.05, 0.1) is 0 Å². The number of hydrogen-bond donors (Lipinski definition) is 0. The Bertz CT molecular complexity index is 123. The third-order valence-corrected chi connectivity index (χ3v) is 1.45. The highest BCUT2D eigenvalue weighted by Crippen LogP contribution is 2.04. The highest BCUT2D eigenvalue weighted by Gasteiger charge is 1.87. The van der Waals surface area contributed by atoms with Gasteiger partial charge >= 0.3 is 0 Å². The van der Waals surface area contributed by atoms with Crippen LogP contribution in [-0.2, 0) is 0 Å². The van der Waals surface area contributed by atoms with Crippen LogP contribution in [0.2, 0.25) is 0 Å². The lowest BCUT2D eigenvalue weighted by Gasteiger charge is -1.95. The number of allylic oxidation sites excluding steroid dienone is 3. The average Bonchev–Trinajstić information content (AvgIpc) is 1.87. The minimum Gasteiger partial charge on any atom is -0.119 e. The van der Waals surface area contributed by atoms with E-state index in [1.807, 2.05) is 13.0 Å². The van der Waals surface area contributed by atoms with Crippen LogP contribution in [0.3, 0.4) is 0 Å². The molecule has 1 heteroatoms. The summed E-state index contributed by atoms with van der Waals surface area (Å²) in [4.78, 5) is 0. The molecule has 0 spiro atoms. The van der Waals surface area contributed by atoms with E-state index in [0.717, 1.165) is 12.8 Å². The third kappa shape index (κ3) is 5.90. The lowest BCUT2D eigenvalue weighted by Crippen LogP contribution is -1.81. The van der Waals surface area contributed by atoms with Crippen molar-refractivity contribution in [2.24, 2.45) is 0 Å². The van der Waals surface area contributed by atoms with Gasteiger partial charge in [-0.05, 0) is 19.8 Å². The summed E-state index contributed by atoms with van der Waals surface area (Å²) in [5, 5.41) is 0.143. The Kier molecular flexibility index (Phi) is 5.42. The van der Waals surface area contributed by atoms with E-state index < -0.39 is 0 Å². The summed E-state index contributed by atoms with van der Waals surface area (Å²) in [7, 11) is 0. The standard InChI is InChI=1S/C9H15Cl/c1-4-8(2)6-5-7-9(3)10/h5,7,9H,2,4,6H2,1,3H3/b7-5-. The molecule has 0 heterocycles. The van der Waals surface area contributed by atoms with Crippen LogP contribution >= 0.6 is 11.6 Å². The Morgan fingerprint density at radius 1 is 1.70 bits per heavy atom. The Hall–Kier alpha value is -0.230. The predicted molar refractivity (Wildman–Crippen MR) is 48.5 cm³/mol. The molecule has 1 unspecified atom stereocenters. The number of alkyl halides is 1. The highest BCUT2D eigenvalue weighted by atomic mass is 35.5. The van der Waals surface area contributed by atoms with Crippen molar-refractivity contribution in [1.29, 1.82) is 0 Å². The van der Waals surface area contributed by atoms with Crippen LogP contribution in [0.4, 0.5) is 0 Å². The minimum atomic E-state index is 0.143. The monoisotopic (exact) mass is 158 g/mol. The van der Waals surface area contributed by atoms with Crippen LogP contribution in [0.15, 0.2) is 24.3 Å². The zero-order chi connectivity index (χ0) is 7.98. The molecule has 0 saturated heterocycles. The van der Waals surface area contributed by atoms with Gasteiger partial charge in [-0.3, -0.25) is 0 Å². The third-order valence-electron chi connectivity index (χ3n) is 1.31. The molecule has 0 nitrogen and oxygen atoms in total. The van der Waals surface area contributed by atoms with Crippen molar-refractivity contribution in [3.63, 3.8) is 0 Å². The summed E-state index contributed by atoms with van der Waals surface area (Å²) in [6.07, 6.45) is 6.08. The zero-order valence-electron chi connectivity index (χ0n) is 6.73. The summed E-state index contributed by atoms with van der Waals surface area (Å²) in [6.45, 7) is 7.94. The smallest absolute Gasteiger partial charge is 0.0487 e. The molecule has 0 aliphatic carbocycles. The Morgan fingerprint density at radius 3 is 2.70 bits per heavy atom. The molecule has 0 saturated carbocycles. The van der Waals surface area contributed by atoms with Gasteiger partial charge in [0.2, 0.25) is 0 Å². The molecule has 0 N–H and O–H groups in total. The summed E-state index contributed by atoms with van der Waals surface area (Å²) < 4.78 is 0. The molecular weight excluding hydrogens is 144 g/mol. The first-order valence-electron chi connectivity index (χ1n) is 3.64. The van der Waals surface area contributed by atoms with Crippen LogP contribution in [0, 0.1) is 0 Å². The van der Waals surface area contributed by atoms with Gasteiger partial charge in [-0.2, -0.15) is 0 Å². The Balaban J connectivity index is 3.43. The lowest BCUT2D eigenvalue weighted by atomic mass is 10.1. The molecule has 0 amide bonds. The maximum Gasteiger partial charge on any atom is 0.0487 e. The van der Waals surface area contributed by atoms with E-state index in [-0.39, 0.29) is 5.38 Å². The molecule has 0 aromatic heterocycles. The molecule has 0 aliphatic heterocycles. The molecule has 0 aromatic rings. The Labute approximate surface area is 68.6 Å². The van der Waals surface area contributed by atoms with Crippen LogP contribution < -0.4 is 0 Å². The minimum absolute atomic E-state index is 0.143. The van der Waals surface area contributed by atoms with E-state index >= 15 is 0 Å². The van der Waals surface area contributed by atoms with E-state index in [4.69, 9.17) is 11.6 Å². The van der Waals surface area contributed by atoms with Gasteiger partial charge in [0, 0.05) is 5.38 Å². The van der Waals surface area contributed by atoms with Gasteiger partial charge < -0.3 is 0 Å². The van der Waals surface area contributed by atoms with E-state index in [1.54, 1.807) is 0 Å². The molecule has 58 valence electrons. The van der Waals surface area contributed by atoms with E-state index in [0.29, 0.717) is 0 Å². The Morgan fingerprint density at radius 2 is 2.30 bits per heavy atom. The highest BCUT2D eigenvalue weighted by molar-refractivity contribution is 6.21. The van der Waals surface area contributed by atoms with Crippen LogP contribution in [0.5, 0.6) is 0 Å². The van der Waals surface area contributed by atoms with Gasteiger partial charge in [-0.25, -0.2) is 0 Å². The van der Waals surface area contributed by atoms with E-state index in [2.05, 4.69) is 19.6 Å². The second-order valence-corrected chi connectivity index (χ2v) is 3.10. The van der Waals surface area contributed by atoms with Crippen LogP contribution in [0.25, 0.3) is 0 Å². The molecule has 1 atom stereocenters. The summed E-state index contributed by atoms with van der Waals surface area (Å²) in [6, 6.07) is 0. The fourth-order valence-electron chi connectivity index (χ4n) is 0.567. The normalized spacial score (nSPS) is 13.9. The number of rotatable bonds is 4. The topological polar surface area (TPSA) is 0 Å². The van der Waals surface area contributed by atoms with Gasteiger partial charge in [0.1, 0.15) is 0 Å². The van der Waals surface area contributed by atoms with Crippen molar-refractivity contribution in [3.8, 4) is 0 Å². The van der Waals surface area contributed by atoms with Crippen molar-refractivity contribution in [1.82, 2.24) is 0 Å². The largest absolute Gasteiger partial charge is 0.119 e. The first-order chi connectivity index (χ1) is 4.66. The zero-order valence-corrected chi connectivity index (χ0v) is 7.49. The average molecular weight is 159 g/mol. The quantitative estimate of drug-likeness (QED) is 0.434. The predicted octanol–water partition coefficient (Wildman–Crippen LogP) is 3.53. The van der Waals surface area contributed by atoms with Gasteiger partial charge in [0.25, 0.3) is 0 Å².